The number of fused-ring (bicyclic) bond motifs is 1. The second kappa shape index (κ2) is 8.42. The molecule has 0 spiro atoms. The number of ether oxygens (including phenoxy) is 1. The van der Waals surface area contributed by atoms with E-state index in [0.717, 1.165) is 6.07 Å². The van der Waals surface area contributed by atoms with Gasteiger partial charge in [-0.25, -0.2) is 9.97 Å². The Morgan fingerprint density at radius 1 is 1.19 bits per heavy atom. The van der Waals surface area contributed by atoms with E-state index in [9.17, 15) is 18.0 Å². The van der Waals surface area contributed by atoms with Crippen molar-refractivity contribution in [3.8, 4) is 17.2 Å². The molecule has 7 nitrogen and oxygen atoms in total. The molecule has 3 N–H and O–H groups in total. The lowest BCUT2D eigenvalue weighted by molar-refractivity contribution is -0.140. The van der Waals surface area contributed by atoms with Gasteiger partial charge in [-0.2, -0.15) is 13.2 Å². The molecule has 0 saturated carbocycles. The second-order valence-electron chi connectivity index (χ2n) is 8.46. The molecule has 1 amide bonds. The van der Waals surface area contributed by atoms with Crippen molar-refractivity contribution in [3.63, 3.8) is 0 Å². The maximum Gasteiger partial charge on any atom is 0.433 e. The average Bonchev–Trinajstić information content (AvgIpc) is 3.15. The third kappa shape index (κ3) is 4.55. The van der Waals surface area contributed by atoms with Crippen molar-refractivity contribution >= 4 is 16.8 Å². The van der Waals surface area contributed by atoms with Crippen molar-refractivity contribution in [1.29, 1.82) is 0 Å². The lowest BCUT2D eigenvalue weighted by Gasteiger charge is -2.27. The van der Waals surface area contributed by atoms with E-state index in [1.165, 1.54) is 19.2 Å². The first-order valence-corrected chi connectivity index (χ1v) is 9.92. The molecule has 0 fully saturated rings. The molecule has 32 heavy (non-hydrogen) atoms. The van der Waals surface area contributed by atoms with Crippen LogP contribution in [0.15, 0.2) is 28.7 Å². The number of carbonyl (C=O) groups is 1. The lowest BCUT2D eigenvalue weighted by atomic mass is 9.88. The molecule has 0 bridgehead atoms. The highest BCUT2D eigenvalue weighted by Crippen LogP contribution is 2.37. The normalized spacial score (nSPS) is 13.3. The highest BCUT2D eigenvalue weighted by atomic mass is 19.4. The van der Waals surface area contributed by atoms with Crippen LogP contribution in [0, 0.1) is 5.41 Å². The summed E-state index contributed by atoms with van der Waals surface area (Å²) >= 11 is 0. The zero-order valence-electron chi connectivity index (χ0n) is 18.4. The van der Waals surface area contributed by atoms with Gasteiger partial charge in [-0.3, -0.25) is 4.79 Å². The third-order valence-corrected chi connectivity index (χ3v) is 5.31. The highest BCUT2D eigenvalue weighted by Gasteiger charge is 2.33. The lowest BCUT2D eigenvalue weighted by Crippen LogP contribution is -2.41. The number of alkyl halides is 3. The van der Waals surface area contributed by atoms with E-state index in [2.05, 4.69) is 15.3 Å². The van der Waals surface area contributed by atoms with Gasteiger partial charge in [0.05, 0.1) is 13.7 Å². The van der Waals surface area contributed by atoms with Crippen LogP contribution in [-0.2, 0) is 12.7 Å². The molecule has 0 saturated heterocycles. The monoisotopic (exact) mass is 450 g/mol. The molecule has 0 radical (unpaired) electrons. The summed E-state index contributed by atoms with van der Waals surface area (Å²) in [6, 6.07) is 5.04. The van der Waals surface area contributed by atoms with Crippen LogP contribution in [0.25, 0.3) is 22.4 Å². The van der Waals surface area contributed by atoms with Crippen LogP contribution in [-0.4, -0.2) is 29.0 Å². The van der Waals surface area contributed by atoms with Gasteiger partial charge in [0.15, 0.2) is 11.5 Å². The van der Waals surface area contributed by atoms with Crippen molar-refractivity contribution in [2.75, 3.05) is 7.11 Å². The first-order chi connectivity index (χ1) is 14.9. The van der Waals surface area contributed by atoms with Gasteiger partial charge in [0.2, 0.25) is 5.89 Å². The maximum atomic E-state index is 13.2. The van der Waals surface area contributed by atoms with E-state index >= 15 is 0 Å². The first kappa shape index (κ1) is 23.5. The second-order valence-corrected chi connectivity index (χ2v) is 8.46. The van der Waals surface area contributed by atoms with Gasteiger partial charge in [-0.1, -0.05) is 20.8 Å². The number of hydrogen-bond donors (Lipinski definition) is 2. The van der Waals surface area contributed by atoms with E-state index in [1.54, 1.807) is 6.07 Å². The number of methoxy groups -OCH3 is 1. The minimum atomic E-state index is -4.61. The van der Waals surface area contributed by atoms with Crippen molar-refractivity contribution in [3.05, 3.63) is 41.4 Å². The van der Waals surface area contributed by atoms with Crippen molar-refractivity contribution in [2.24, 2.45) is 11.1 Å². The molecule has 172 valence electrons. The van der Waals surface area contributed by atoms with E-state index in [-0.39, 0.29) is 46.6 Å². The molecule has 0 aliphatic carbocycles. The molecule has 1 atom stereocenters. The summed E-state index contributed by atoms with van der Waals surface area (Å²) in [7, 11) is 1.34. The average molecular weight is 450 g/mol. The number of hydrogen-bond acceptors (Lipinski definition) is 6. The number of amides is 1. The quantitative estimate of drug-likeness (QED) is 0.592. The van der Waals surface area contributed by atoms with E-state index in [1.807, 2.05) is 27.7 Å². The molecule has 3 rings (SSSR count). The largest absolute Gasteiger partial charge is 0.494 e. The zero-order valence-corrected chi connectivity index (χ0v) is 18.4. The Morgan fingerprint density at radius 3 is 2.44 bits per heavy atom. The number of aromatic nitrogens is 2. The van der Waals surface area contributed by atoms with Gasteiger partial charge in [0.25, 0.3) is 5.91 Å². The summed E-state index contributed by atoms with van der Waals surface area (Å²) in [6.07, 6.45) is -4.61. The highest BCUT2D eigenvalue weighted by molar-refractivity contribution is 5.98. The number of oxazole rings is 1. The summed E-state index contributed by atoms with van der Waals surface area (Å²) in [5.74, 6) is -0.0636. The molecule has 2 aromatic heterocycles. The molecular weight excluding hydrogens is 425 g/mol. The number of benzene rings is 1. The Bertz CT molecular complexity index is 1150. The molecule has 1 aromatic carbocycles. The maximum absolute atomic E-state index is 13.2. The van der Waals surface area contributed by atoms with Crippen molar-refractivity contribution in [1.82, 2.24) is 15.3 Å². The van der Waals surface area contributed by atoms with Crippen LogP contribution in [0.2, 0.25) is 0 Å². The summed E-state index contributed by atoms with van der Waals surface area (Å²) < 4.78 is 50.4. The van der Waals surface area contributed by atoms with E-state index in [4.69, 9.17) is 14.9 Å². The summed E-state index contributed by atoms with van der Waals surface area (Å²) in [4.78, 5) is 20.8. The molecule has 3 aromatic rings. The van der Waals surface area contributed by atoms with Crippen LogP contribution in [0.4, 0.5) is 13.2 Å². The molecule has 0 unspecified atom stereocenters. The number of carbonyl (C=O) groups excluding carboxylic acids is 1. The van der Waals surface area contributed by atoms with Crippen LogP contribution in [0.3, 0.4) is 0 Å². The Labute approximate surface area is 183 Å². The Balaban J connectivity index is 2.10. The van der Waals surface area contributed by atoms with Gasteiger partial charge in [-0.05, 0) is 36.6 Å². The Kier molecular flexibility index (Phi) is 6.19. The molecule has 0 aliphatic rings. The fourth-order valence-electron chi connectivity index (χ4n) is 2.97. The fourth-order valence-corrected chi connectivity index (χ4v) is 2.97. The minimum Gasteiger partial charge on any atom is -0.494 e. The van der Waals surface area contributed by atoms with Crippen LogP contribution in [0.1, 0.15) is 49.6 Å². The molecule has 10 heteroatoms. The van der Waals surface area contributed by atoms with Crippen LogP contribution >= 0.6 is 0 Å². The van der Waals surface area contributed by atoms with Gasteiger partial charge in [-0.15, -0.1) is 0 Å². The number of nitrogens with zero attached hydrogens (tertiary/aromatic N) is 2. The summed E-state index contributed by atoms with van der Waals surface area (Å²) in [5.41, 5.74) is 4.91. The number of halogens is 3. The van der Waals surface area contributed by atoms with Crippen molar-refractivity contribution in [2.45, 2.75) is 46.5 Å². The number of pyridine rings is 1. The van der Waals surface area contributed by atoms with Gasteiger partial charge >= 0.3 is 6.18 Å². The SMILES string of the molecule is COc1ccc(-c2nc(C(=O)N[C@H](C)C(C)(C)C)c(CN)o2)c2ccc(C(F)(F)F)nc12. The third-order valence-electron chi connectivity index (χ3n) is 5.31. The van der Waals surface area contributed by atoms with Crippen LogP contribution in [0.5, 0.6) is 5.75 Å². The number of rotatable bonds is 5. The topological polar surface area (TPSA) is 103 Å². The van der Waals surface area contributed by atoms with Gasteiger partial charge in [0.1, 0.15) is 17.0 Å². The predicted octanol–water partition coefficient (Wildman–Crippen LogP) is 4.54. The summed E-state index contributed by atoms with van der Waals surface area (Å²) in [5, 5.41) is 3.21. The summed E-state index contributed by atoms with van der Waals surface area (Å²) in [6.45, 7) is 7.76. The number of nitrogens with one attached hydrogen (secondary N) is 1. The van der Waals surface area contributed by atoms with Crippen molar-refractivity contribution < 1.29 is 27.1 Å². The number of nitrogens with two attached hydrogens (primary N) is 1. The van der Waals surface area contributed by atoms with Gasteiger partial charge in [0, 0.05) is 17.0 Å². The predicted molar refractivity (Wildman–Crippen MR) is 113 cm³/mol. The molecule has 0 aliphatic heterocycles. The molecular formula is C22H25F3N4O3. The zero-order chi connectivity index (χ0) is 23.8. The standard InChI is InChI=1S/C22H25F3N4O3/c1-11(21(2,3)4)27-19(30)18-15(10-26)32-20(29-18)13-6-8-14(31-5)17-12(13)7-9-16(28-17)22(23,24)25/h6-9,11H,10,26H2,1-5H3,(H,27,30)/t11-/m1/s1. The van der Waals surface area contributed by atoms with E-state index < -0.39 is 17.8 Å². The fraction of sp³-hybridized carbons (Fsp3) is 0.409. The Hall–Kier alpha value is -3.14. The smallest absolute Gasteiger partial charge is 0.433 e. The Morgan fingerprint density at radius 2 is 1.88 bits per heavy atom. The van der Waals surface area contributed by atoms with E-state index in [0.29, 0.717) is 10.9 Å². The molecule has 2 heterocycles. The minimum absolute atomic E-state index is 0.000296. The van der Waals surface area contributed by atoms with Gasteiger partial charge < -0.3 is 20.2 Å². The van der Waals surface area contributed by atoms with Crippen LogP contribution < -0.4 is 15.8 Å². The first-order valence-electron chi connectivity index (χ1n) is 9.92.